The van der Waals surface area contributed by atoms with Crippen molar-refractivity contribution in [1.82, 2.24) is 14.9 Å². The van der Waals surface area contributed by atoms with Crippen molar-refractivity contribution in [3.8, 4) is 0 Å². The Morgan fingerprint density at radius 2 is 2.15 bits per heavy atom. The van der Waals surface area contributed by atoms with Crippen LogP contribution >= 0.6 is 12.2 Å². The Kier molecular flexibility index (Phi) is 5.88. The molecule has 0 radical (unpaired) electrons. The summed E-state index contributed by atoms with van der Waals surface area (Å²) < 4.78 is 7.62. The maximum atomic E-state index is 12.4. The van der Waals surface area contributed by atoms with Crippen LogP contribution in [0.15, 0.2) is 23.0 Å². The molecule has 0 spiro atoms. The minimum absolute atomic E-state index is 0.175. The van der Waals surface area contributed by atoms with Crippen molar-refractivity contribution in [1.29, 1.82) is 0 Å². The van der Waals surface area contributed by atoms with Crippen molar-refractivity contribution < 1.29 is 9.53 Å². The van der Waals surface area contributed by atoms with Crippen LogP contribution < -0.4 is 10.9 Å². The molecule has 0 bridgehead atoms. The molecule has 1 heterocycles. The van der Waals surface area contributed by atoms with Gasteiger partial charge >= 0.3 is 0 Å². The third-order valence-corrected chi connectivity index (χ3v) is 5.49. The van der Waals surface area contributed by atoms with Gasteiger partial charge in [-0.15, -0.1) is 0 Å². The number of H-pyrrole nitrogens is 1. The second kappa shape index (κ2) is 8.14. The van der Waals surface area contributed by atoms with Crippen LogP contribution in [0.2, 0.25) is 0 Å². The molecule has 2 atom stereocenters. The number of fused-ring (bicyclic) bond motifs is 1. The lowest BCUT2D eigenvalue weighted by Gasteiger charge is -2.28. The van der Waals surface area contributed by atoms with Gasteiger partial charge in [0.1, 0.15) is 0 Å². The van der Waals surface area contributed by atoms with E-state index in [4.69, 9.17) is 17.0 Å². The Balaban J connectivity index is 1.60. The first kappa shape index (κ1) is 18.8. The van der Waals surface area contributed by atoms with Gasteiger partial charge in [0, 0.05) is 19.2 Å². The van der Waals surface area contributed by atoms with Crippen molar-refractivity contribution in [3.63, 3.8) is 0 Å². The second-order valence-corrected chi connectivity index (χ2v) is 7.37. The predicted octanol–water partition coefficient (Wildman–Crippen LogP) is 2.92. The van der Waals surface area contributed by atoms with Crippen LogP contribution in [-0.4, -0.2) is 34.7 Å². The molecule has 2 aromatic rings. The smallest absolute Gasteiger partial charge is 0.261 e. The highest BCUT2D eigenvalue weighted by molar-refractivity contribution is 7.71. The number of aromatic nitrogens is 2. The van der Waals surface area contributed by atoms with Crippen LogP contribution in [0.3, 0.4) is 0 Å². The summed E-state index contributed by atoms with van der Waals surface area (Å²) in [7, 11) is 1.62. The number of carbonyl (C=O) groups is 1. The molecule has 1 aromatic heterocycles. The fourth-order valence-corrected chi connectivity index (χ4v) is 3.65. The summed E-state index contributed by atoms with van der Waals surface area (Å²) in [6.45, 7) is 3.20. The van der Waals surface area contributed by atoms with E-state index in [-0.39, 0.29) is 11.5 Å². The van der Waals surface area contributed by atoms with E-state index in [1.165, 1.54) is 23.8 Å². The molecule has 6 nitrogen and oxygen atoms in total. The Labute approximate surface area is 157 Å². The van der Waals surface area contributed by atoms with Gasteiger partial charge in [-0.25, -0.2) is 0 Å². The SMILES string of the molecule is C[C@@H]1CCCC[C@H]1OCCNC(=O)c1ccc2c(=O)n(C)c(=S)[nH]c2c1. The normalized spacial score (nSPS) is 20.2. The standard InChI is InChI=1S/C19H25N3O3S/c1-12-5-3-4-6-16(12)25-10-9-20-17(23)13-7-8-14-15(11-13)21-19(26)22(2)18(14)24/h7-8,11-12,16H,3-6,9-10H2,1-2H3,(H,20,23)(H,21,26)/t12-,16-/m1/s1. The average molecular weight is 375 g/mol. The Morgan fingerprint density at radius 1 is 1.38 bits per heavy atom. The third-order valence-electron chi connectivity index (χ3n) is 5.12. The molecule has 1 aromatic carbocycles. The number of carbonyl (C=O) groups excluding carboxylic acids is 1. The van der Waals surface area contributed by atoms with Crippen LogP contribution in [0.5, 0.6) is 0 Å². The average Bonchev–Trinajstić information content (AvgIpc) is 2.64. The molecule has 1 fully saturated rings. The second-order valence-electron chi connectivity index (χ2n) is 6.98. The van der Waals surface area contributed by atoms with E-state index in [1.807, 2.05) is 0 Å². The number of aromatic amines is 1. The summed E-state index contributed by atoms with van der Waals surface area (Å²) in [5.74, 6) is 0.401. The summed E-state index contributed by atoms with van der Waals surface area (Å²) in [5.41, 5.74) is 0.881. The topological polar surface area (TPSA) is 76.1 Å². The summed E-state index contributed by atoms with van der Waals surface area (Å²) in [6.07, 6.45) is 5.13. The lowest BCUT2D eigenvalue weighted by atomic mass is 9.88. The zero-order valence-corrected chi connectivity index (χ0v) is 16.0. The molecule has 1 saturated carbocycles. The molecule has 1 amide bonds. The number of rotatable bonds is 5. The van der Waals surface area contributed by atoms with Gasteiger partial charge in [0.05, 0.1) is 23.6 Å². The summed E-state index contributed by atoms with van der Waals surface area (Å²) >= 11 is 5.12. The van der Waals surface area contributed by atoms with E-state index >= 15 is 0 Å². The minimum Gasteiger partial charge on any atom is -0.376 e. The van der Waals surface area contributed by atoms with Crippen LogP contribution in [0.25, 0.3) is 10.9 Å². The Hall–Kier alpha value is -1.99. The fraction of sp³-hybridized carbons (Fsp3) is 0.526. The number of hydrogen-bond donors (Lipinski definition) is 2. The molecule has 140 valence electrons. The first-order valence-electron chi connectivity index (χ1n) is 9.10. The number of nitrogens with one attached hydrogen (secondary N) is 2. The predicted molar refractivity (Wildman–Crippen MR) is 104 cm³/mol. The highest BCUT2D eigenvalue weighted by Crippen LogP contribution is 2.25. The number of hydrogen-bond acceptors (Lipinski definition) is 4. The van der Waals surface area contributed by atoms with Crippen molar-refractivity contribution in [2.75, 3.05) is 13.2 Å². The summed E-state index contributed by atoms with van der Waals surface area (Å²) in [6, 6.07) is 4.96. The largest absolute Gasteiger partial charge is 0.376 e. The highest BCUT2D eigenvalue weighted by atomic mass is 32.1. The van der Waals surface area contributed by atoms with Gasteiger partial charge in [-0.2, -0.15) is 0 Å². The van der Waals surface area contributed by atoms with Crippen molar-refractivity contribution in [3.05, 3.63) is 38.9 Å². The van der Waals surface area contributed by atoms with Crippen molar-refractivity contribution in [2.45, 2.75) is 38.7 Å². The van der Waals surface area contributed by atoms with Gasteiger partial charge in [-0.3, -0.25) is 14.2 Å². The van der Waals surface area contributed by atoms with Crippen molar-refractivity contribution >= 4 is 29.0 Å². The van der Waals surface area contributed by atoms with Crippen LogP contribution in [0.1, 0.15) is 43.0 Å². The molecule has 7 heteroatoms. The van der Waals surface area contributed by atoms with Gasteiger partial charge in [0.2, 0.25) is 0 Å². The summed E-state index contributed by atoms with van der Waals surface area (Å²) in [4.78, 5) is 27.5. The number of nitrogens with zero attached hydrogens (tertiary/aromatic N) is 1. The third kappa shape index (κ3) is 4.04. The van der Waals surface area contributed by atoms with Gasteiger partial charge in [0.15, 0.2) is 4.77 Å². The van der Waals surface area contributed by atoms with E-state index < -0.39 is 0 Å². The fourth-order valence-electron chi connectivity index (χ4n) is 3.45. The van der Waals surface area contributed by atoms with Gasteiger partial charge in [0.25, 0.3) is 11.5 Å². The number of amides is 1. The van der Waals surface area contributed by atoms with E-state index in [9.17, 15) is 9.59 Å². The minimum atomic E-state index is -0.188. The molecule has 0 unspecified atom stereocenters. The molecule has 0 aliphatic heterocycles. The zero-order chi connectivity index (χ0) is 18.7. The van der Waals surface area contributed by atoms with Crippen LogP contribution in [0, 0.1) is 10.7 Å². The number of benzene rings is 1. The molecular formula is C19H25N3O3S. The number of ether oxygens (including phenoxy) is 1. The van der Waals surface area contributed by atoms with Crippen molar-refractivity contribution in [2.24, 2.45) is 13.0 Å². The zero-order valence-electron chi connectivity index (χ0n) is 15.2. The van der Waals surface area contributed by atoms with E-state index in [2.05, 4.69) is 17.2 Å². The quantitative estimate of drug-likeness (QED) is 0.622. The van der Waals surface area contributed by atoms with E-state index in [0.29, 0.717) is 46.4 Å². The molecule has 1 aliphatic carbocycles. The Morgan fingerprint density at radius 3 is 2.92 bits per heavy atom. The van der Waals surface area contributed by atoms with Crippen LogP contribution in [-0.2, 0) is 11.8 Å². The maximum absolute atomic E-state index is 12.4. The molecule has 1 aliphatic rings. The van der Waals surface area contributed by atoms with Gasteiger partial charge in [-0.05, 0) is 49.2 Å². The van der Waals surface area contributed by atoms with E-state index in [0.717, 1.165) is 6.42 Å². The van der Waals surface area contributed by atoms with Gasteiger partial charge in [-0.1, -0.05) is 19.8 Å². The molecule has 2 N–H and O–H groups in total. The molecule has 26 heavy (non-hydrogen) atoms. The first-order valence-corrected chi connectivity index (χ1v) is 9.51. The van der Waals surface area contributed by atoms with Gasteiger partial charge < -0.3 is 15.0 Å². The van der Waals surface area contributed by atoms with Crippen LogP contribution in [0.4, 0.5) is 0 Å². The lowest BCUT2D eigenvalue weighted by Crippen LogP contribution is -2.31. The highest BCUT2D eigenvalue weighted by Gasteiger charge is 2.21. The molecule has 3 rings (SSSR count). The Bertz CT molecular complexity index is 918. The lowest BCUT2D eigenvalue weighted by molar-refractivity contribution is -0.00293. The molecule has 0 saturated heterocycles. The first-order chi connectivity index (χ1) is 12.5. The maximum Gasteiger partial charge on any atom is 0.261 e. The monoisotopic (exact) mass is 375 g/mol. The summed E-state index contributed by atoms with van der Waals surface area (Å²) in [5, 5.41) is 3.38. The molecular weight excluding hydrogens is 350 g/mol. The van der Waals surface area contributed by atoms with E-state index in [1.54, 1.807) is 25.2 Å².